The molecule has 3 nitrogen and oxygen atoms in total. The molecule has 1 aliphatic rings. The normalized spacial score (nSPS) is 14.4. The predicted molar refractivity (Wildman–Crippen MR) is 113 cm³/mol. The minimum atomic E-state index is 0.110. The molecule has 0 atom stereocenters. The van der Waals surface area contributed by atoms with Gasteiger partial charge in [0.05, 0.1) is 5.69 Å². The molecule has 0 aliphatic heterocycles. The summed E-state index contributed by atoms with van der Waals surface area (Å²) in [5, 5.41) is 6.77. The molecule has 1 fully saturated rings. The van der Waals surface area contributed by atoms with Gasteiger partial charge in [0, 0.05) is 33.6 Å². The number of carbonyl (C=O) groups is 1. The Morgan fingerprint density at radius 3 is 2.67 bits per heavy atom. The number of carbonyl (C=O) groups excluding carboxylic acids is 1. The maximum absolute atomic E-state index is 12.3. The van der Waals surface area contributed by atoms with Crippen LogP contribution in [0.2, 0.25) is 5.02 Å². The van der Waals surface area contributed by atoms with Gasteiger partial charge in [0.2, 0.25) is 5.91 Å². The third-order valence-corrected chi connectivity index (χ3v) is 6.13. The van der Waals surface area contributed by atoms with Crippen LogP contribution in [0.4, 0.5) is 5.69 Å². The molecular weight excluding hydrogens is 376 g/mol. The molecule has 3 aromatic rings. The van der Waals surface area contributed by atoms with E-state index in [9.17, 15) is 4.79 Å². The molecule has 1 N–H and O–H groups in total. The molecule has 0 unspecified atom stereocenters. The van der Waals surface area contributed by atoms with Crippen molar-refractivity contribution in [2.24, 2.45) is 5.92 Å². The molecule has 5 heteroatoms. The molecule has 27 heavy (non-hydrogen) atoms. The largest absolute Gasteiger partial charge is 0.326 e. The lowest BCUT2D eigenvalue weighted by molar-refractivity contribution is -0.117. The summed E-state index contributed by atoms with van der Waals surface area (Å²) in [6.45, 7) is 0. The van der Waals surface area contributed by atoms with Crippen molar-refractivity contribution in [2.75, 3.05) is 5.32 Å². The van der Waals surface area contributed by atoms with Gasteiger partial charge in [0.1, 0.15) is 5.01 Å². The summed E-state index contributed by atoms with van der Waals surface area (Å²) in [6, 6.07) is 15.6. The Morgan fingerprint density at radius 2 is 1.89 bits per heavy atom. The number of thiazole rings is 1. The molecule has 1 aromatic heterocycles. The summed E-state index contributed by atoms with van der Waals surface area (Å²) in [4.78, 5) is 17.0. The Hall–Kier alpha value is -2.17. The molecule has 1 aliphatic carbocycles. The van der Waals surface area contributed by atoms with Crippen LogP contribution in [-0.2, 0) is 4.79 Å². The zero-order valence-electron chi connectivity index (χ0n) is 15.0. The van der Waals surface area contributed by atoms with Gasteiger partial charge in [-0.3, -0.25) is 4.79 Å². The van der Waals surface area contributed by atoms with E-state index in [2.05, 4.69) is 5.32 Å². The first-order chi connectivity index (χ1) is 13.2. The van der Waals surface area contributed by atoms with E-state index < -0.39 is 0 Å². The summed E-state index contributed by atoms with van der Waals surface area (Å²) in [6.07, 6.45) is 5.50. The van der Waals surface area contributed by atoms with Gasteiger partial charge in [-0.25, -0.2) is 4.98 Å². The minimum absolute atomic E-state index is 0.110. The van der Waals surface area contributed by atoms with Gasteiger partial charge in [0.15, 0.2) is 0 Å². The average Bonchev–Trinajstić information content (AvgIpc) is 3.34. The molecule has 0 saturated heterocycles. The molecule has 1 amide bonds. The number of anilines is 1. The highest BCUT2D eigenvalue weighted by atomic mass is 35.5. The van der Waals surface area contributed by atoms with Gasteiger partial charge >= 0.3 is 0 Å². The van der Waals surface area contributed by atoms with E-state index >= 15 is 0 Å². The lowest BCUT2D eigenvalue weighted by Crippen LogP contribution is -2.15. The second-order valence-corrected chi connectivity index (χ2v) is 8.32. The lowest BCUT2D eigenvalue weighted by Gasteiger charge is -2.10. The summed E-state index contributed by atoms with van der Waals surface area (Å²) >= 11 is 7.56. The smallest absolute Gasteiger partial charge is 0.224 e. The number of nitrogens with one attached hydrogen (secondary N) is 1. The van der Waals surface area contributed by atoms with E-state index in [0.717, 1.165) is 32.5 Å². The van der Waals surface area contributed by atoms with Gasteiger partial charge < -0.3 is 5.32 Å². The molecule has 2 aromatic carbocycles. The number of rotatable bonds is 5. The second-order valence-electron chi connectivity index (χ2n) is 7.03. The summed E-state index contributed by atoms with van der Waals surface area (Å²) < 4.78 is 0. The quantitative estimate of drug-likeness (QED) is 0.524. The number of nitrogens with zero attached hydrogens (tertiary/aromatic N) is 1. The van der Waals surface area contributed by atoms with Crippen molar-refractivity contribution < 1.29 is 4.79 Å². The molecule has 0 bridgehead atoms. The molecule has 1 saturated carbocycles. The Balaban J connectivity index is 1.47. The first-order valence-corrected chi connectivity index (χ1v) is 10.5. The van der Waals surface area contributed by atoms with Gasteiger partial charge in [0.25, 0.3) is 0 Å². The Labute approximate surface area is 168 Å². The fourth-order valence-corrected chi connectivity index (χ4v) is 4.54. The number of benzene rings is 2. The van der Waals surface area contributed by atoms with E-state index in [1.807, 2.05) is 53.9 Å². The maximum atomic E-state index is 12.3. The van der Waals surface area contributed by atoms with E-state index in [-0.39, 0.29) is 5.91 Å². The van der Waals surface area contributed by atoms with Crippen LogP contribution in [0.1, 0.15) is 32.1 Å². The number of hydrogen-bond donors (Lipinski definition) is 1. The Morgan fingerprint density at radius 1 is 1.11 bits per heavy atom. The van der Waals surface area contributed by atoms with Gasteiger partial charge in [-0.05, 0) is 43.0 Å². The molecule has 4 rings (SSSR count). The van der Waals surface area contributed by atoms with E-state index in [1.165, 1.54) is 25.7 Å². The summed E-state index contributed by atoms with van der Waals surface area (Å²) in [7, 11) is 0. The first kappa shape index (κ1) is 18.2. The highest BCUT2D eigenvalue weighted by Gasteiger charge is 2.18. The molecule has 1 heterocycles. The topological polar surface area (TPSA) is 42.0 Å². The zero-order valence-corrected chi connectivity index (χ0v) is 16.5. The van der Waals surface area contributed by atoms with E-state index in [1.54, 1.807) is 11.3 Å². The van der Waals surface area contributed by atoms with Crippen molar-refractivity contribution in [2.45, 2.75) is 32.1 Å². The highest BCUT2D eigenvalue weighted by molar-refractivity contribution is 7.13. The van der Waals surface area contributed by atoms with Gasteiger partial charge in [-0.2, -0.15) is 0 Å². The number of halogens is 1. The van der Waals surface area contributed by atoms with Crippen LogP contribution in [0.3, 0.4) is 0 Å². The van der Waals surface area contributed by atoms with Crippen LogP contribution in [0.5, 0.6) is 0 Å². The fraction of sp³-hybridized carbons (Fsp3) is 0.273. The Bertz CT molecular complexity index is 929. The van der Waals surface area contributed by atoms with Gasteiger partial charge in [-0.1, -0.05) is 48.7 Å². The fourth-order valence-electron chi connectivity index (χ4n) is 3.58. The number of hydrogen-bond acceptors (Lipinski definition) is 3. The zero-order chi connectivity index (χ0) is 18.6. The van der Waals surface area contributed by atoms with Crippen molar-refractivity contribution in [3.63, 3.8) is 0 Å². The van der Waals surface area contributed by atoms with Gasteiger partial charge in [-0.15, -0.1) is 11.3 Å². The number of amides is 1. The van der Waals surface area contributed by atoms with Crippen LogP contribution in [0, 0.1) is 5.92 Å². The highest BCUT2D eigenvalue weighted by Crippen LogP contribution is 2.31. The van der Waals surface area contributed by atoms with Crippen molar-refractivity contribution in [1.29, 1.82) is 0 Å². The van der Waals surface area contributed by atoms with Crippen LogP contribution in [0.25, 0.3) is 21.8 Å². The molecule has 0 radical (unpaired) electrons. The number of aromatic nitrogens is 1. The predicted octanol–water partition coefficient (Wildman–Crippen LogP) is 6.65. The third-order valence-electron chi connectivity index (χ3n) is 4.99. The minimum Gasteiger partial charge on any atom is -0.326 e. The summed E-state index contributed by atoms with van der Waals surface area (Å²) in [5.41, 5.74) is 3.80. The van der Waals surface area contributed by atoms with E-state index in [4.69, 9.17) is 16.6 Å². The second kappa shape index (κ2) is 8.24. The standard InChI is InChI=1S/C22H21ClN2OS/c23-18-10-8-16(9-11-18)22-25-20(14-27-22)17-6-3-7-19(13-17)24-21(26)12-15-4-1-2-5-15/h3,6-11,13-15H,1-2,4-5,12H2,(H,24,26). The SMILES string of the molecule is O=C(CC1CCCC1)Nc1cccc(-c2csc(-c3ccc(Cl)cc3)n2)c1. The molecule has 138 valence electrons. The molecule has 0 spiro atoms. The van der Waals surface area contributed by atoms with E-state index in [0.29, 0.717) is 12.3 Å². The average molecular weight is 397 g/mol. The van der Waals surface area contributed by atoms with Crippen LogP contribution >= 0.6 is 22.9 Å². The lowest BCUT2D eigenvalue weighted by atomic mass is 10.0. The summed E-state index contributed by atoms with van der Waals surface area (Å²) in [5.74, 6) is 0.660. The first-order valence-electron chi connectivity index (χ1n) is 9.29. The van der Waals surface area contributed by atoms with Crippen LogP contribution < -0.4 is 5.32 Å². The van der Waals surface area contributed by atoms with Crippen LogP contribution in [0.15, 0.2) is 53.9 Å². The van der Waals surface area contributed by atoms with Crippen molar-refractivity contribution in [1.82, 2.24) is 4.98 Å². The third kappa shape index (κ3) is 4.57. The monoisotopic (exact) mass is 396 g/mol. The molecular formula is C22H21ClN2OS. The maximum Gasteiger partial charge on any atom is 0.224 e. The van der Waals surface area contributed by atoms with Crippen LogP contribution in [-0.4, -0.2) is 10.9 Å². The Kier molecular flexibility index (Phi) is 5.55. The van der Waals surface area contributed by atoms with Crippen molar-refractivity contribution in [3.05, 3.63) is 58.9 Å². The van der Waals surface area contributed by atoms with Crippen molar-refractivity contribution in [3.8, 4) is 21.8 Å². The van der Waals surface area contributed by atoms with Crippen molar-refractivity contribution >= 4 is 34.5 Å².